The van der Waals surface area contributed by atoms with Crippen molar-refractivity contribution < 1.29 is 0 Å². The third-order valence-corrected chi connectivity index (χ3v) is 5.28. The molecule has 0 saturated heterocycles. The van der Waals surface area contributed by atoms with Crippen LogP contribution < -0.4 is 22.5 Å². The van der Waals surface area contributed by atoms with Crippen LogP contribution in [0.1, 0.15) is 16.6 Å². The zero-order chi connectivity index (χ0) is 16.4. The number of amidine groups is 1. The maximum atomic E-state index is 5.69. The van der Waals surface area contributed by atoms with Crippen LogP contribution in [0.15, 0.2) is 34.3 Å². The highest BCUT2D eigenvalue weighted by Crippen LogP contribution is 2.38. The molecule has 0 fully saturated rings. The van der Waals surface area contributed by atoms with Crippen molar-refractivity contribution in [1.82, 2.24) is 4.98 Å². The van der Waals surface area contributed by atoms with Gasteiger partial charge in [-0.1, -0.05) is 23.1 Å². The molecule has 120 valence electrons. The van der Waals surface area contributed by atoms with Gasteiger partial charge in [0.1, 0.15) is 0 Å². The molecule has 0 saturated carbocycles. The van der Waals surface area contributed by atoms with Gasteiger partial charge in [0.2, 0.25) is 5.13 Å². The molecule has 7 nitrogen and oxygen atoms in total. The number of aryl methyl sites for hydroxylation is 1. The van der Waals surface area contributed by atoms with Gasteiger partial charge in [-0.15, -0.1) is 0 Å². The van der Waals surface area contributed by atoms with E-state index in [1.54, 1.807) is 11.8 Å². The molecule has 23 heavy (non-hydrogen) atoms. The maximum Gasteiger partial charge on any atom is 0.212 e. The summed E-state index contributed by atoms with van der Waals surface area (Å²) in [7, 11) is 0. The number of nitrogens with two attached hydrogens (primary N) is 3. The highest BCUT2D eigenvalue weighted by molar-refractivity contribution is 8.14. The first-order valence-electron chi connectivity index (χ1n) is 6.91. The number of hydrogen-bond donors (Lipinski definition) is 4. The van der Waals surface area contributed by atoms with Gasteiger partial charge in [-0.2, -0.15) is 4.99 Å². The summed E-state index contributed by atoms with van der Waals surface area (Å²) in [6.07, 6.45) is 0. The van der Waals surface area contributed by atoms with Crippen LogP contribution in [0.4, 0.5) is 16.5 Å². The van der Waals surface area contributed by atoms with Crippen LogP contribution in [0.25, 0.3) is 0 Å². The summed E-state index contributed by atoms with van der Waals surface area (Å²) < 4.78 is 0. The van der Waals surface area contributed by atoms with E-state index in [1.807, 2.05) is 31.2 Å². The lowest BCUT2D eigenvalue weighted by atomic mass is 10.2. The number of thioether (sulfide) groups is 1. The van der Waals surface area contributed by atoms with Crippen molar-refractivity contribution in [1.29, 1.82) is 0 Å². The van der Waals surface area contributed by atoms with Gasteiger partial charge >= 0.3 is 0 Å². The van der Waals surface area contributed by atoms with Crippen molar-refractivity contribution in [2.24, 2.45) is 21.5 Å². The van der Waals surface area contributed by atoms with Gasteiger partial charge in [0, 0.05) is 17.1 Å². The summed E-state index contributed by atoms with van der Waals surface area (Å²) in [4.78, 5) is 14.2. The molecule has 1 aliphatic rings. The van der Waals surface area contributed by atoms with E-state index in [4.69, 9.17) is 22.2 Å². The standard InChI is InChI=1S/C14H17N7S2/c1-7-11(23-14(18-7)21-12(16)17)10-6-22-13(20-10)19-9-4-2-8(15)3-5-9/h2-5,10H,6,15H2,1H3,(H,19,20)(H4,16,17,18,21). The van der Waals surface area contributed by atoms with Crippen LogP contribution >= 0.6 is 23.1 Å². The number of nitrogens with zero attached hydrogens (tertiary/aromatic N) is 3. The number of guanidine groups is 1. The van der Waals surface area contributed by atoms with Gasteiger partial charge in [-0.3, -0.25) is 4.99 Å². The SMILES string of the molecule is Cc1nc(N=C(N)N)sc1C1CSC(Nc2ccc(N)cc2)=N1. The van der Waals surface area contributed by atoms with E-state index in [0.29, 0.717) is 5.13 Å². The normalized spacial score (nSPS) is 16.9. The average Bonchev–Trinajstić information content (AvgIpc) is 3.07. The molecule has 1 atom stereocenters. The van der Waals surface area contributed by atoms with E-state index >= 15 is 0 Å². The molecule has 7 N–H and O–H groups in total. The molecular weight excluding hydrogens is 330 g/mol. The van der Waals surface area contributed by atoms with Crippen molar-refractivity contribution in [3.05, 3.63) is 34.8 Å². The third kappa shape index (κ3) is 3.74. The number of rotatable bonds is 3. The zero-order valence-corrected chi connectivity index (χ0v) is 14.1. The maximum absolute atomic E-state index is 5.69. The molecule has 1 aliphatic heterocycles. The molecule has 0 amide bonds. The Bertz CT molecular complexity index is 760. The summed E-state index contributed by atoms with van der Waals surface area (Å²) in [6.45, 7) is 1.95. The Morgan fingerprint density at radius 1 is 1.30 bits per heavy atom. The van der Waals surface area contributed by atoms with Gasteiger partial charge in [0.05, 0.1) is 16.6 Å². The number of aromatic nitrogens is 1. The molecule has 2 heterocycles. The number of benzene rings is 1. The van der Waals surface area contributed by atoms with Gasteiger partial charge in [0.25, 0.3) is 0 Å². The first kappa shape index (κ1) is 15.6. The Balaban J connectivity index is 1.75. The molecule has 0 spiro atoms. The molecular formula is C14H17N7S2. The molecule has 2 aromatic rings. The highest BCUT2D eigenvalue weighted by Gasteiger charge is 2.24. The summed E-state index contributed by atoms with van der Waals surface area (Å²) in [6, 6.07) is 7.64. The molecule has 0 aliphatic carbocycles. The molecule has 3 rings (SSSR count). The van der Waals surface area contributed by atoms with Crippen LogP contribution in [-0.2, 0) is 0 Å². The fourth-order valence-corrected chi connectivity index (χ4v) is 4.18. The number of nitrogen functional groups attached to an aromatic ring is 1. The molecule has 1 aromatic heterocycles. The lowest BCUT2D eigenvalue weighted by molar-refractivity contribution is 0.856. The first-order chi connectivity index (χ1) is 11.0. The monoisotopic (exact) mass is 347 g/mol. The van der Waals surface area contributed by atoms with Crippen molar-refractivity contribution in [2.45, 2.75) is 13.0 Å². The minimum Gasteiger partial charge on any atom is -0.399 e. The van der Waals surface area contributed by atoms with Crippen LogP contribution in [0, 0.1) is 6.92 Å². The van der Waals surface area contributed by atoms with Gasteiger partial charge < -0.3 is 22.5 Å². The van der Waals surface area contributed by atoms with Gasteiger partial charge in [-0.05, 0) is 31.2 Å². The summed E-state index contributed by atoms with van der Waals surface area (Å²) >= 11 is 3.15. The fraction of sp³-hybridized carbons (Fsp3) is 0.214. The molecule has 0 bridgehead atoms. The van der Waals surface area contributed by atoms with E-state index in [0.717, 1.165) is 32.9 Å². The van der Waals surface area contributed by atoms with E-state index in [-0.39, 0.29) is 12.0 Å². The van der Waals surface area contributed by atoms with Crippen molar-refractivity contribution in [2.75, 3.05) is 16.8 Å². The lowest BCUT2D eigenvalue weighted by Gasteiger charge is -2.04. The third-order valence-electron chi connectivity index (χ3n) is 3.16. The lowest BCUT2D eigenvalue weighted by Crippen LogP contribution is -2.21. The Kier molecular flexibility index (Phi) is 4.39. The van der Waals surface area contributed by atoms with Gasteiger partial charge in [-0.25, -0.2) is 4.98 Å². The zero-order valence-electron chi connectivity index (χ0n) is 12.5. The number of nitrogens with one attached hydrogen (secondary N) is 1. The van der Waals surface area contributed by atoms with Crippen LogP contribution in [0.3, 0.4) is 0 Å². The van der Waals surface area contributed by atoms with E-state index in [2.05, 4.69) is 15.3 Å². The topological polar surface area (TPSA) is 128 Å². The predicted molar refractivity (Wildman–Crippen MR) is 99.4 cm³/mol. The minimum atomic E-state index is 0.0142. The largest absolute Gasteiger partial charge is 0.399 e. The number of anilines is 2. The Hall–Kier alpha value is -2.26. The van der Waals surface area contributed by atoms with Crippen molar-refractivity contribution in [3.63, 3.8) is 0 Å². The second-order valence-corrected chi connectivity index (χ2v) is 7.01. The first-order valence-corrected chi connectivity index (χ1v) is 8.71. The Morgan fingerprint density at radius 2 is 2.04 bits per heavy atom. The predicted octanol–water partition coefficient (Wildman–Crippen LogP) is 2.19. The minimum absolute atomic E-state index is 0.0142. The molecule has 0 radical (unpaired) electrons. The van der Waals surface area contributed by atoms with Crippen molar-refractivity contribution in [3.8, 4) is 0 Å². The van der Waals surface area contributed by atoms with Crippen LogP contribution in [0.2, 0.25) is 0 Å². The smallest absolute Gasteiger partial charge is 0.212 e. The van der Waals surface area contributed by atoms with Crippen LogP contribution in [0.5, 0.6) is 0 Å². The van der Waals surface area contributed by atoms with E-state index in [9.17, 15) is 0 Å². The number of hydrogen-bond acceptors (Lipinski definition) is 7. The summed E-state index contributed by atoms with van der Waals surface area (Å²) in [5, 5.41) is 4.75. The van der Waals surface area contributed by atoms with Crippen LogP contribution in [-0.4, -0.2) is 21.9 Å². The van der Waals surface area contributed by atoms with E-state index in [1.165, 1.54) is 11.3 Å². The molecule has 1 unspecified atom stereocenters. The second kappa shape index (κ2) is 6.47. The summed E-state index contributed by atoms with van der Waals surface area (Å²) in [5.41, 5.74) is 19.1. The molecule has 1 aromatic carbocycles. The average molecular weight is 347 g/mol. The number of thiazole rings is 1. The fourth-order valence-electron chi connectivity index (χ4n) is 2.13. The Morgan fingerprint density at radius 3 is 2.74 bits per heavy atom. The quantitative estimate of drug-likeness (QED) is 0.383. The highest BCUT2D eigenvalue weighted by atomic mass is 32.2. The molecule has 9 heteroatoms. The van der Waals surface area contributed by atoms with Gasteiger partial charge in [0.15, 0.2) is 11.1 Å². The summed E-state index contributed by atoms with van der Waals surface area (Å²) in [5.74, 6) is 0.877. The second-order valence-electron chi connectivity index (χ2n) is 4.99. The Labute approximate surface area is 142 Å². The number of aliphatic imine (C=N–C) groups is 2. The van der Waals surface area contributed by atoms with E-state index < -0.39 is 0 Å². The van der Waals surface area contributed by atoms with Crippen molar-refractivity contribution >= 4 is 50.7 Å².